The number of nitrogens with two attached hydrogens (primary N) is 1. The van der Waals surface area contributed by atoms with Crippen LogP contribution >= 0.6 is 0 Å². The number of rotatable bonds is 3. The summed E-state index contributed by atoms with van der Waals surface area (Å²) < 4.78 is 38.1. The first-order valence-corrected chi connectivity index (χ1v) is 5.40. The molecule has 1 saturated carbocycles. The normalized spacial score (nSPS) is 18.5. The second-order valence-corrected chi connectivity index (χ2v) is 4.37. The number of hydrogen-bond acceptors (Lipinski definition) is 1. The van der Waals surface area contributed by atoms with Crippen molar-refractivity contribution in [2.75, 3.05) is 0 Å². The van der Waals surface area contributed by atoms with Crippen molar-refractivity contribution >= 4 is 0 Å². The molecule has 1 aromatic rings. The van der Waals surface area contributed by atoms with Crippen LogP contribution in [0.3, 0.4) is 0 Å². The minimum absolute atomic E-state index is 0.224. The molecule has 1 aliphatic carbocycles. The van der Waals surface area contributed by atoms with Gasteiger partial charge in [0.05, 0.1) is 5.56 Å². The Bertz CT molecular complexity index is 369. The van der Waals surface area contributed by atoms with Gasteiger partial charge in [-0.15, -0.1) is 0 Å². The van der Waals surface area contributed by atoms with Gasteiger partial charge in [-0.3, -0.25) is 0 Å². The SMILES string of the molecule is N[C@@H](CC1CC1)c1ccccc1C(F)(F)F. The maximum Gasteiger partial charge on any atom is 0.416 e. The average Bonchev–Trinajstić information content (AvgIpc) is 3.00. The Labute approximate surface area is 92.5 Å². The highest BCUT2D eigenvalue weighted by atomic mass is 19.4. The minimum Gasteiger partial charge on any atom is -0.324 e. The number of hydrogen-bond donors (Lipinski definition) is 1. The van der Waals surface area contributed by atoms with Gasteiger partial charge in [0.2, 0.25) is 0 Å². The predicted molar refractivity (Wildman–Crippen MR) is 55.7 cm³/mol. The fraction of sp³-hybridized carbons (Fsp3) is 0.500. The van der Waals surface area contributed by atoms with Crippen LogP contribution in [0.15, 0.2) is 24.3 Å². The van der Waals surface area contributed by atoms with Gasteiger partial charge >= 0.3 is 6.18 Å². The molecule has 1 aromatic carbocycles. The van der Waals surface area contributed by atoms with Crippen LogP contribution in [0.5, 0.6) is 0 Å². The second-order valence-electron chi connectivity index (χ2n) is 4.37. The molecule has 0 aromatic heterocycles. The summed E-state index contributed by atoms with van der Waals surface area (Å²) >= 11 is 0. The van der Waals surface area contributed by atoms with Crippen LogP contribution in [-0.4, -0.2) is 0 Å². The van der Waals surface area contributed by atoms with Gasteiger partial charge in [-0.2, -0.15) is 13.2 Å². The summed E-state index contributed by atoms with van der Waals surface area (Å²) in [6.45, 7) is 0. The Hall–Kier alpha value is -1.03. The molecule has 0 amide bonds. The predicted octanol–water partition coefficient (Wildman–Crippen LogP) is 3.51. The molecular formula is C12H14F3N. The van der Waals surface area contributed by atoms with E-state index in [0.717, 1.165) is 18.9 Å². The molecule has 2 rings (SSSR count). The van der Waals surface area contributed by atoms with Crippen molar-refractivity contribution < 1.29 is 13.2 Å². The minimum atomic E-state index is -4.31. The monoisotopic (exact) mass is 229 g/mol. The fourth-order valence-electron chi connectivity index (χ4n) is 1.92. The zero-order valence-electron chi connectivity index (χ0n) is 8.80. The van der Waals surface area contributed by atoms with Gasteiger partial charge in [-0.05, 0) is 24.0 Å². The van der Waals surface area contributed by atoms with E-state index in [1.807, 2.05) is 0 Å². The summed E-state index contributed by atoms with van der Waals surface area (Å²) in [6.07, 6.45) is -1.45. The zero-order chi connectivity index (χ0) is 11.8. The Balaban J connectivity index is 2.24. The first-order chi connectivity index (χ1) is 7.48. The molecule has 0 heterocycles. The average molecular weight is 229 g/mol. The lowest BCUT2D eigenvalue weighted by molar-refractivity contribution is -0.138. The van der Waals surface area contributed by atoms with Crippen molar-refractivity contribution in [2.45, 2.75) is 31.5 Å². The molecule has 0 bridgehead atoms. The molecule has 1 nitrogen and oxygen atoms in total. The third-order valence-electron chi connectivity index (χ3n) is 2.95. The highest BCUT2D eigenvalue weighted by molar-refractivity contribution is 5.32. The molecule has 1 atom stereocenters. The fourth-order valence-corrected chi connectivity index (χ4v) is 1.92. The van der Waals surface area contributed by atoms with Crippen LogP contribution in [0.2, 0.25) is 0 Å². The largest absolute Gasteiger partial charge is 0.416 e. The standard InChI is InChI=1S/C12H14F3N/c13-12(14,15)10-4-2-1-3-9(10)11(16)7-8-5-6-8/h1-4,8,11H,5-7,16H2/t11-/m0/s1. The molecule has 0 saturated heterocycles. The molecule has 16 heavy (non-hydrogen) atoms. The smallest absolute Gasteiger partial charge is 0.324 e. The van der Waals surface area contributed by atoms with Gasteiger partial charge in [-0.1, -0.05) is 31.0 Å². The number of benzene rings is 1. The first kappa shape index (κ1) is 11.5. The maximum absolute atomic E-state index is 12.7. The zero-order valence-corrected chi connectivity index (χ0v) is 8.80. The summed E-state index contributed by atoms with van der Waals surface area (Å²) in [5.41, 5.74) is 5.46. The molecule has 1 aliphatic rings. The van der Waals surface area contributed by atoms with Crippen LogP contribution in [0.25, 0.3) is 0 Å². The van der Waals surface area contributed by atoms with Crippen molar-refractivity contribution in [3.8, 4) is 0 Å². The first-order valence-electron chi connectivity index (χ1n) is 5.40. The van der Waals surface area contributed by atoms with Crippen LogP contribution in [-0.2, 0) is 6.18 Å². The van der Waals surface area contributed by atoms with E-state index < -0.39 is 17.8 Å². The molecule has 0 unspecified atom stereocenters. The summed E-state index contributed by atoms with van der Waals surface area (Å²) in [4.78, 5) is 0. The van der Waals surface area contributed by atoms with E-state index in [2.05, 4.69) is 0 Å². The highest BCUT2D eigenvalue weighted by Gasteiger charge is 2.35. The Morgan fingerprint density at radius 3 is 2.44 bits per heavy atom. The summed E-state index contributed by atoms with van der Waals surface area (Å²) in [6, 6.07) is 5.09. The highest BCUT2D eigenvalue weighted by Crippen LogP contribution is 2.40. The van der Waals surface area contributed by atoms with Gasteiger partial charge < -0.3 is 5.73 Å². The van der Waals surface area contributed by atoms with Gasteiger partial charge in [0, 0.05) is 6.04 Å². The van der Waals surface area contributed by atoms with Crippen molar-refractivity contribution in [3.05, 3.63) is 35.4 Å². The van der Waals surface area contributed by atoms with Crippen LogP contribution in [0, 0.1) is 5.92 Å². The van der Waals surface area contributed by atoms with Crippen LogP contribution in [0.4, 0.5) is 13.2 Å². The van der Waals surface area contributed by atoms with E-state index in [-0.39, 0.29) is 5.56 Å². The van der Waals surface area contributed by atoms with E-state index in [9.17, 15) is 13.2 Å². The van der Waals surface area contributed by atoms with Gasteiger partial charge in [-0.25, -0.2) is 0 Å². The number of halogens is 3. The summed E-state index contributed by atoms with van der Waals surface area (Å²) in [5, 5.41) is 0. The molecule has 88 valence electrons. The van der Waals surface area contributed by atoms with Gasteiger partial charge in [0.1, 0.15) is 0 Å². The van der Waals surface area contributed by atoms with Crippen molar-refractivity contribution in [3.63, 3.8) is 0 Å². The topological polar surface area (TPSA) is 26.0 Å². The maximum atomic E-state index is 12.7. The van der Waals surface area contributed by atoms with Gasteiger partial charge in [0.25, 0.3) is 0 Å². The molecule has 2 N–H and O–H groups in total. The Morgan fingerprint density at radius 1 is 1.25 bits per heavy atom. The van der Waals surface area contributed by atoms with Crippen LogP contribution in [0.1, 0.15) is 36.4 Å². The van der Waals surface area contributed by atoms with Gasteiger partial charge in [0.15, 0.2) is 0 Å². The lowest BCUT2D eigenvalue weighted by Gasteiger charge is -2.17. The third kappa shape index (κ3) is 2.55. The summed E-state index contributed by atoms with van der Waals surface area (Å²) in [5.74, 6) is 0.524. The second kappa shape index (κ2) is 4.09. The van der Waals surface area contributed by atoms with E-state index in [1.54, 1.807) is 6.07 Å². The molecule has 1 fully saturated rings. The van der Waals surface area contributed by atoms with E-state index in [4.69, 9.17) is 5.73 Å². The molecule has 0 aliphatic heterocycles. The van der Waals surface area contributed by atoms with E-state index in [0.29, 0.717) is 12.3 Å². The quantitative estimate of drug-likeness (QED) is 0.843. The lowest BCUT2D eigenvalue weighted by atomic mass is 9.96. The Kier molecular flexibility index (Phi) is 2.93. The molecule has 0 spiro atoms. The Morgan fingerprint density at radius 2 is 1.88 bits per heavy atom. The molecule has 4 heteroatoms. The molecule has 0 radical (unpaired) electrons. The number of alkyl halides is 3. The van der Waals surface area contributed by atoms with Crippen molar-refractivity contribution in [1.29, 1.82) is 0 Å². The lowest BCUT2D eigenvalue weighted by Crippen LogP contribution is -2.17. The van der Waals surface area contributed by atoms with E-state index >= 15 is 0 Å². The van der Waals surface area contributed by atoms with Crippen LogP contribution < -0.4 is 5.73 Å². The van der Waals surface area contributed by atoms with Crippen molar-refractivity contribution in [2.24, 2.45) is 11.7 Å². The molecular weight excluding hydrogens is 215 g/mol. The van der Waals surface area contributed by atoms with E-state index in [1.165, 1.54) is 12.1 Å². The van der Waals surface area contributed by atoms with Crippen molar-refractivity contribution in [1.82, 2.24) is 0 Å². The third-order valence-corrected chi connectivity index (χ3v) is 2.95. The summed E-state index contributed by atoms with van der Waals surface area (Å²) in [7, 11) is 0.